The van der Waals surface area contributed by atoms with Crippen LogP contribution in [-0.4, -0.2) is 29.4 Å². The van der Waals surface area contributed by atoms with Gasteiger partial charge in [0.15, 0.2) is 5.16 Å². The fraction of sp³-hybridized carbons (Fsp3) is 0.261. The van der Waals surface area contributed by atoms with Crippen LogP contribution in [0.1, 0.15) is 32.1 Å². The van der Waals surface area contributed by atoms with Crippen molar-refractivity contribution in [1.29, 1.82) is 0 Å². The number of aromatic nitrogens is 6. The van der Waals surface area contributed by atoms with E-state index in [-0.39, 0.29) is 5.56 Å². The molecule has 32 heavy (non-hydrogen) atoms. The average molecular weight is 447 g/mol. The normalized spacial score (nSPS) is 11.5. The Kier molecular flexibility index (Phi) is 5.72. The predicted molar refractivity (Wildman–Crippen MR) is 124 cm³/mol. The molecule has 2 aromatic carbocycles. The lowest BCUT2D eigenvalue weighted by Gasteiger charge is -2.10. The molecule has 0 aliphatic heterocycles. The second kappa shape index (κ2) is 8.96. The van der Waals surface area contributed by atoms with Gasteiger partial charge >= 0.3 is 0 Å². The van der Waals surface area contributed by atoms with Crippen LogP contribution < -0.4 is 5.56 Å². The zero-order chi connectivity index (χ0) is 21.9. The summed E-state index contributed by atoms with van der Waals surface area (Å²) < 4.78 is 9.50. The van der Waals surface area contributed by atoms with Gasteiger partial charge in [-0.15, -0.1) is 20.4 Å². The van der Waals surface area contributed by atoms with Crippen molar-refractivity contribution in [2.75, 3.05) is 0 Å². The van der Waals surface area contributed by atoms with Crippen LogP contribution in [0, 0.1) is 0 Å². The van der Waals surface area contributed by atoms with E-state index in [0.29, 0.717) is 40.4 Å². The van der Waals surface area contributed by atoms with Crippen LogP contribution in [0.4, 0.5) is 0 Å². The van der Waals surface area contributed by atoms with Crippen molar-refractivity contribution in [3.8, 4) is 11.5 Å². The van der Waals surface area contributed by atoms with E-state index in [2.05, 4.69) is 27.3 Å². The molecule has 0 radical (unpaired) electrons. The zero-order valence-electron chi connectivity index (χ0n) is 17.6. The molecule has 0 amide bonds. The molecule has 5 aromatic rings. The van der Waals surface area contributed by atoms with E-state index in [1.807, 2.05) is 59.0 Å². The molecule has 0 aliphatic carbocycles. The quantitative estimate of drug-likeness (QED) is 0.255. The van der Waals surface area contributed by atoms with Crippen molar-refractivity contribution in [2.24, 2.45) is 0 Å². The molecular weight excluding hydrogens is 424 g/mol. The second-order valence-corrected chi connectivity index (χ2v) is 8.40. The van der Waals surface area contributed by atoms with Crippen LogP contribution in [0.15, 0.2) is 69.0 Å². The highest BCUT2D eigenvalue weighted by Gasteiger charge is 2.17. The van der Waals surface area contributed by atoms with Crippen molar-refractivity contribution >= 4 is 28.4 Å². The maximum atomic E-state index is 13.1. The molecule has 5 rings (SSSR count). The lowest BCUT2D eigenvalue weighted by atomic mass is 10.2. The standard InChI is InChI=1S/C23H22N6O2S/c1-2-3-9-14-28-21(30)17-12-7-8-13-18(17)29-22(28)26-27-23(29)32-15-19-24-25-20(31-19)16-10-5-4-6-11-16/h4-8,10-13H,2-3,9,14-15H2,1H3. The molecule has 0 atom stereocenters. The molecule has 9 heteroatoms. The summed E-state index contributed by atoms with van der Waals surface area (Å²) >= 11 is 1.45. The smallest absolute Gasteiger partial charge is 0.262 e. The summed E-state index contributed by atoms with van der Waals surface area (Å²) in [5.74, 6) is 2.00. The molecular formula is C23H22N6O2S. The molecule has 0 saturated carbocycles. The number of para-hydroxylation sites is 1. The van der Waals surface area contributed by atoms with Crippen LogP contribution >= 0.6 is 11.8 Å². The Balaban J connectivity index is 1.49. The maximum Gasteiger partial charge on any atom is 0.262 e. The van der Waals surface area contributed by atoms with Gasteiger partial charge in [0, 0.05) is 12.1 Å². The van der Waals surface area contributed by atoms with Gasteiger partial charge in [-0.1, -0.05) is 61.9 Å². The fourth-order valence-electron chi connectivity index (χ4n) is 3.68. The van der Waals surface area contributed by atoms with Gasteiger partial charge in [0.25, 0.3) is 5.56 Å². The van der Waals surface area contributed by atoms with Crippen LogP contribution in [0.25, 0.3) is 28.1 Å². The van der Waals surface area contributed by atoms with Gasteiger partial charge in [-0.3, -0.25) is 13.8 Å². The molecule has 0 N–H and O–H groups in total. The minimum Gasteiger partial charge on any atom is -0.420 e. The van der Waals surface area contributed by atoms with E-state index < -0.39 is 0 Å². The van der Waals surface area contributed by atoms with Gasteiger partial charge in [-0.25, -0.2) is 0 Å². The Labute approximate surface area is 188 Å². The van der Waals surface area contributed by atoms with Gasteiger partial charge in [0.1, 0.15) is 0 Å². The lowest BCUT2D eigenvalue weighted by Crippen LogP contribution is -2.23. The molecule has 0 unspecified atom stereocenters. The van der Waals surface area contributed by atoms with Crippen molar-refractivity contribution in [1.82, 2.24) is 29.4 Å². The highest BCUT2D eigenvalue weighted by atomic mass is 32.2. The summed E-state index contributed by atoms with van der Waals surface area (Å²) in [6.07, 6.45) is 3.06. The van der Waals surface area contributed by atoms with E-state index >= 15 is 0 Å². The van der Waals surface area contributed by atoms with Gasteiger partial charge < -0.3 is 4.42 Å². The summed E-state index contributed by atoms with van der Waals surface area (Å²) in [7, 11) is 0. The summed E-state index contributed by atoms with van der Waals surface area (Å²) in [5.41, 5.74) is 1.64. The molecule has 8 nitrogen and oxygen atoms in total. The van der Waals surface area contributed by atoms with Crippen LogP contribution in [-0.2, 0) is 12.3 Å². The predicted octanol–water partition coefficient (Wildman–Crippen LogP) is 4.58. The van der Waals surface area contributed by atoms with E-state index in [9.17, 15) is 4.79 Å². The van der Waals surface area contributed by atoms with Crippen molar-refractivity contribution < 1.29 is 4.42 Å². The number of fused-ring (bicyclic) bond motifs is 3. The Bertz CT molecular complexity index is 1420. The number of hydrogen-bond acceptors (Lipinski definition) is 7. The molecule has 3 aromatic heterocycles. The van der Waals surface area contributed by atoms with E-state index in [4.69, 9.17) is 4.42 Å². The molecule has 162 valence electrons. The van der Waals surface area contributed by atoms with E-state index in [1.165, 1.54) is 11.8 Å². The largest absolute Gasteiger partial charge is 0.420 e. The number of aryl methyl sites for hydroxylation is 1. The lowest BCUT2D eigenvalue weighted by molar-refractivity contribution is 0.528. The number of nitrogens with zero attached hydrogens (tertiary/aromatic N) is 6. The van der Waals surface area contributed by atoms with Gasteiger partial charge in [0.2, 0.25) is 17.6 Å². The summed E-state index contributed by atoms with van der Waals surface area (Å²) in [6.45, 7) is 2.76. The third-order valence-electron chi connectivity index (χ3n) is 5.28. The fourth-order valence-corrected chi connectivity index (χ4v) is 4.46. The summed E-state index contributed by atoms with van der Waals surface area (Å²) in [6, 6.07) is 17.2. The van der Waals surface area contributed by atoms with Crippen LogP contribution in [0.5, 0.6) is 0 Å². The first-order chi connectivity index (χ1) is 15.8. The van der Waals surface area contributed by atoms with Crippen LogP contribution in [0.3, 0.4) is 0 Å². The van der Waals surface area contributed by atoms with E-state index in [1.54, 1.807) is 4.57 Å². The number of benzene rings is 2. The minimum atomic E-state index is -0.0300. The second-order valence-electron chi connectivity index (χ2n) is 7.45. The van der Waals surface area contributed by atoms with Crippen molar-refractivity contribution in [3.63, 3.8) is 0 Å². The zero-order valence-corrected chi connectivity index (χ0v) is 18.5. The number of unbranched alkanes of at least 4 members (excludes halogenated alkanes) is 2. The molecule has 0 spiro atoms. The summed E-state index contributed by atoms with van der Waals surface area (Å²) in [5, 5.41) is 18.4. The van der Waals surface area contributed by atoms with Crippen molar-refractivity contribution in [3.05, 3.63) is 70.8 Å². The maximum absolute atomic E-state index is 13.1. The highest BCUT2D eigenvalue weighted by Crippen LogP contribution is 2.26. The van der Waals surface area contributed by atoms with Crippen LogP contribution in [0.2, 0.25) is 0 Å². The van der Waals surface area contributed by atoms with Gasteiger partial charge in [0.05, 0.1) is 16.7 Å². The first-order valence-electron chi connectivity index (χ1n) is 10.6. The Hall–Kier alpha value is -3.46. The third kappa shape index (κ3) is 3.80. The first kappa shape index (κ1) is 20.4. The topological polar surface area (TPSA) is 91.1 Å². The number of hydrogen-bond donors (Lipinski definition) is 0. The van der Waals surface area contributed by atoms with E-state index in [0.717, 1.165) is 30.3 Å². The number of thioether (sulfide) groups is 1. The monoisotopic (exact) mass is 446 g/mol. The first-order valence-corrected chi connectivity index (χ1v) is 11.6. The Morgan fingerprint density at radius 3 is 2.59 bits per heavy atom. The average Bonchev–Trinajstić information content (AvgIpc) is 3.48. The highest BCUT2D eigenvalue weighted by molar-refractivity contribution is 7.98. The molecule has 0 saturated heterocycles. The molecule has 0 aliphatic rings. The van der Waals surface area contributed by atoms with Crippen molar-refractivity contribution in [2.45, 2.75) is 43.6 Å². The third-order valence-corrected chi connectivity index (χ3v) is 6.19. The molecule has 3 heterocycles. The molecule has 0 bridgehead atoms. The minimum absolute atomic E-state index is 0.0300. The molecule has 0 fully saturated rings. The number of rotatable bonds is 8. The SMILES string of the molecule is CCCCCn1c(=O)c2ccccc2n2c(SCc3nnc(-c4ccccc4)o3)nnc12. The summed E-state index contributed by atoms with van der Waals surface area (Å²) in [4.78, 5) is 13.1. The van der Waals surface area contributed by atoms with Gasteiger partial charge in [-0.2, -0.15) is 0 Å². The Morgan fingerprint density at radius 1 is 0.938 bits per heavy atom. The van der Waals surface area contributed by atoms with Gasteiger partial charge in [-0.05, 0) is 30.7 Å². The Morgan fingerprint density at radius 2 is 1.75 bits per heavy atom.